The highest BCUT2D eigenvalue weighted by Crippen LogP contribution is 2.33. The number of benzene rings is 2. The van der Waals surface area contributed by atoms with Gasteiger partial charge in [0.15, 0.2) is 5.16 Å². The Labute approximate surface area is 232 Å². The number of aromatic nitrogens is 5. The van der Waals surface area contributed by atoms with E-state index in [4.69, 9.17) is 11.6 Å². The number of halogens is 2. The minimum absolute atomic E-state index is 0.0238. The van der Waals surface area contributed by atoms with Crippen LogP contribution < -0.4 is 0 Å². The second kappa shape index (κ2) is 10.6. The van der Waals surface area contributed by atoms with Crippen molar-refractivity contribution in [2.24, 2.45) is 0 Å². The molecule has 0 unspecified atom stereocenters. The lowest BCUT2D eigenvalue weighted by atomic mass is 9.88. The first kappa shape index (κ1) is 26.0. The molecule has 1 fully saturated rings. The fraction of sp³-hybridized carbons (Fsp3) is 0.308. The minimum atomic E-state index is -1.14. The second-order valence-corrected chi connectivity index (χ2v) is 11.4. The van der Waals surface area contributed by atoms with Crippen molar-refractivity contribution in [3.63, 3.8) is 0 Å². The molecule has 1 aliphatic heterocycles. The number of aryl methyl sites for hydroxylation is 1. The van der Waals surface area contributed by atoms with E-state index in [1.165, 1.54) is 22.9 Å². The fourth-order valence-corrected chi connectivity index (χ4v) is 5.70. The molecule has 1 N–H and O–H groups in total. The van der Waals surface area contributed by atoms with Crippen molar-refractivity contribution >= 4 is 45.2 Å². The molecule has 3 heterocycles. The van der Waals surface area contributed by atoms with E-state index in [0.717, 1.165) is 21.0 Å². The maximum atomic E-state index is 13.0. The molecule has 0 spiro atoms. The number of hydrogen-bond donors (Lipinski definition) is 1. The Kier molecular flexibility index (Phi) is 7.44. The van der Waals surface area contributed by atoms with Crippen LogP contribution in [0, 0.1) is 13.8 Å². The zero-order valence-corrected chi connectivity index (χ0v) is 23.6. The second-order valence-electron chi connectivity index (χ2n) is 9.15. The van der Waals surface area contributed by atoms with E-state index >= 15 is 0 Å². The quantitative estimate of drug-likeness (QED) is 0.310. The Hall–Kier alpha value is -2.66. The molecule has 0 atom stereocenters. The first-order valence-corrected chi connectivity index (χ1v) is 14.0. The fourth-order valence-electron chi connectivity index (χ4n) is 4.41. The van der Waals surface area contributed by atoms with E-state index in [9.17, 15) is 9.90 Å². The molecule has 2 aromatic heterocycles. The molecule has 5 rings (SSSR count). The minimum Gasteiger partial charge on any atom is -0.383 e. The first-order valence-electron chi connectivity index (χ1n) is 11.9. The van der Waals surface area contributed by atoms with Crippen molar-refractivity contribution in [3.05, 3.63) is 81.3 Å². The number of piperidine rings is 1. The molecule has 8 nitrogen and oxygen atoms in total. The molecule has 1 saturated heterocycles. The van der Waals surface area contributed by atoms with Crippen LogP contribution in [-0.2, 0) is 10.4 Å². The Morgan fingerprint density at radius 3 is 2.76 bits per heavy atom. The van der Waals surface area contributed by atoms with Crippen LogP contribution in [-0.4, -0.2) is 59.3 Å². The summed E-state index contributed by atoms with van der Waals surface area (Å²) in [5.41, 5.74) is 3.56. The average molecular weight is 602 g/mol. The van der Waals surface area contributed by atoms with E-state index in [-0.39, 0.29) is 11.7 Å². The molecule has 192 valence electrons. The lowest BCUT2D eigenvalue weighted by Crippen LogP contribution is -2.46. The van der Waals surface area contributed by atoms with Gasteiger partial charge >= 0.3 is 0 Å². The number of carbonyl (C=O) groups is 1. The predicted octanol–water partition coefficient (Wildman–Crippen LogP) is 5.09. The Bertz CT molecular complexity index is 1450. The number of carbonyl (C=O) groups excluding carboxylic acids is 1. The van der Waals surface area contributed by atoms with Crippen molar-refractivity contribution in [3.8, 4) is 11.4 Å². The highest BCUT2D eigenvalue weighted by atomic mass is 79.9. The Morgan fingerprint density at radius 1 is 1.22 bits per heavy atom. The van der Waals surface area contributed by atoms with Gasteiger partial charge in [-0.15, -0.1) is 5.10 Å². The van der Waals surface area contributed by atoms with Gasteiger partial charge in [-0.05, 0) is 78.0 Å². The summed E-state index contributed by atoms with van der Waals surface area (Å²) in [6.45, 7) is 5.06. The molecule has 37 heavy (non-hydrogen) atoms. The summed E-state index contributed by atoms with van der Waals surface area (Å²) in [7, 11) is 0. The maximum Gasteiger partial charge on any atom is 0.233 e. The SMILES string of the molecule is Cc1cccc(-n2ccnc2SCC(=O)N2CCC(O)(c3cn(-c4ccc(Br)c(Cl)c4)nn3)CC2)c1C. The number of amides is 1. The summed E-state index contributed by atoms with van der Waals surface area (Å²) < 4.78 is 4.41. The van der Waals surface area contributed by atoms with Crippen molar-refractivity contribution in [2.45, 2.75) is 37.4 Å². The zero-order chi connectivity index (χ0) is 26.2. The summed E-state index contributed by atoms with van der Waals surface area (Å²) in [4.78, 5) is 19.3. The van der Waals surface area contributed by atoms with Crippen molar-refractivity contribution < 1.29 is 9.90 Å². The number of hydrogen-bond acceptors (Lipinski definition) is 6. The van der Waals surface area contributed by atoms with Crippen LogP contribution in [0.4, 0.5) is 0 Å². The van der Waals surface area contributed by atoms with Crippen molar-refractivity contribution in [1.82, 2.24) is 29.4 Å². The Morgan fingerprint density at radius 2 is 2.00 bits per heavy atom. The van der Waals surface area contributed by atoms with Gasteiger partial charge in [-0.25, -0.2) is 9.67 Å². The predicted molar refractivity (Wildman–Crippen MR) is 148 cm³/mol. The lowest BCUT2D eigenvalue weighted by Gasteiger charge is -2.36. The van der Waals surface area contributed by atoms with Crippen LogP contribution in [0.2, 0.25) is 5.02 Å². The van der Waals surface area contributed by atoms with Gasteiger partial charge in [-0.1, -0.05) is 40.7 Å². The maximum absolute atomic E-state index is 13.0. The zero-order valence-electron chi connectivity index (χ0n) is 20.4. The Balaban J connectivity index is 1.20. The molecular formula is C26H26BrClN6O2S. The van der Waals surface area contributed by atoms with Gasteiger partial charge in [0.05, 0.1) is 28.3 Å². The number of aliphatic hydroxyl groups is 1. The van der Waals surface area contributed by atoms with Gasteiger partial charge in [0.2, 0.25) is 5.91 Å². The van der Waals surface area contributed by atoms with Crippen LogP contribution in [0.25, 0.3) is 11.4 Å². The van der Waals surface area contributed by atoms with Crippen LogP contribution >= 0.6 is 39.3 Å². The summed E-state index contributed by atoms with van der Waals surface area (Å²) in [6.07, 6.45) is 6.18. The van der Waals surface area contributed by atoms with Gasteiger partial charge in [-0.3, -0.25) is 9.36 Å². The van der Waals surface area contributed by atoms with Crippen LogP contribution in [0.5, 0.6) is 0 Å². The number of rotatable bonds is 6. The van der Waals surface area contributed by atoms with Gasteiger partial charge < -0.3 is 10.0 Å². The molecule has 1 aliphatic rings. The van der Waals surface area contributed by atoms with E-state index in [0.29, 0.717) is 36.6 Å². The molecule has 2 aromatic carbocycles. The first-order chi connectivity index (χ1) is 17.7. The standard InChI is InChI=1S/C26H26BrClN6O2S/c1-17-4-3-5-22(18(17)2)33-13-10-29-25(33)37-16-24(35)32-11-8-26(36,9-12-32)23-15-34(31-30-23)19-6-7-20(27)21(28)14-19/h3-7,10,13-15,36H,8-9,11-12,16H2,1-2H3. The molecule has 0 aliphatic carbocycles. The third kappa shape index (κ3) is 5.34. The summed E-state index contributed by atoms with van der Waals surface area (Å²) in [5, 5.41) is 21.0. The van der Waals surface area contributed by atoms with Crippen molar-refractivity contribution in [2.75, 3.05) is 18.8 Å². The van der Waals surface area contributed by atoms with E-state index in [1.807, 2.05) is 29.0 Å². The van der Waals surface area contributed by atoms with Gasteiger partial charge in [0.1, 0.15) is 11.3 Å². The number of likely N-dealkylation sites (tertiary alicyclic amines) is 1. The van der Waals surface area contributed by atoms with Crippen LogP contribution in [0.15, 0.2) is 64.6 Å². The third-order valence-corrected chi connectivity index (χ3v) is 9.03. The monoisotopic (exact) mass is 600 g/mol. The van der Waals surface area contributed by atoms with Crippen LogP contribution in [0.1, 0.15) is 29.7 Å². The molecule has 4 aromatic rings. The molecule has 0 radical (unpaired) electrons. The summed E-state index contributed by atoms with van der Waals surface area (Å²) in [5.74, 6) is 0.302. The van der Waals surface area contributed by atoms with E-state index in [1.54, 1.807) is 28.0 Å². The number of nitrogens with zero attached hydrogens (tertiary/aromatic N) is 6. The topological polar surface area (TPSA) is 89.1 Å². The molecular weight excluding hydrogens is 576 g/mol. The highest BCUT2D eigenvalue weighted by Gasteiger charge is 2.38. The van der Waals surface area contributed by atoms with Gasteiger partial charge in [0, 0.05) is 30.0 Å². The van der Waals surface area contributed by atoms with Crippen molar-refractivity contribution in [1.29, 1.82) is 0 Å². The molecule has 0 bridgehead atoms. The third-order valence-electron chi connectivity index (χ3n) is 6.85. The average Bonchev–Trinajstić information content (AvgIpc) is 3.57. The highest BCUT2D eigenvalue weighted by molar-refractivity contribution is 9.10. The van der Waals surface area contributed by atoms with Crippen LogP contribution in [0.3, 0.4) is 0 Å². The van der Waals surface area contributed by atoms with E-state index in [2.05, 4.69) is 57.2 Å². The smallest absolute Gasteiger partial charge is 0.233 e. The van der Waals surface area contributed by atoms with E-state index < -0.39 is 5.60 Å². The van der Waals surface area contributed by atoms with Gasteiger partial charge in [0.25, 0.3) is 0 Å². The number of imidazole rings is 1. The van der Waals surface area contributed by atoms with Gasteiger partial charge in [-0.2, -0.15) is 0 Å². The largest absolute Gasteiger partial charge is 0.383 e. The molecule has 0 saturated carbocycles. The summed E-state index contributed by atoms with van der Waals surface area (Å²) in [6, 6.07) is 11.6. The molecule has 1 amide bonds. The lowest BCUT2D eigenvalue weighted by molar-refractivity contribution is -0.133. The number of thioether (sulfide) groups is 1. The molecule has 11 heteroatoms. The normalized spacial score (nSPS) is 15.2. The summed E-state index contributed by atoms with van der Waals surface area (Å²) >= 11 is 11.0.